The Morgan fingerprint density at radius 3 is 2.31 bits per heavy atom. The van der Waals surface area contributed by atoms with E-state index in [0.717, 1.165) is 18.4 Å². The number of hydrogen-bond donors (Lipinski definition) is 0. The summed E-state index contributed by atoms with van der Waals surface area (Å²) in [6.07, 6.45) is 6.00. The van der Waals surface area contributed by atoms with E-state index in [9.17, 15) is 4.91 Å². The summed E-state index contributed by atoms with van der Waals surface area (Å²) in [6, 6.07) is 7.32. The van der Waals surface area contributed by atoms with Gasteiger partial charge >= 0.3 is 0 Å². The number of benzene rings is 1. The largest absolute Gasteiger partial charge is 0.150 e. The van der Waals surface area contributed by atoms with E-state index in [-0.39, 0.29) is 6.04 Å². The van der Waals surface area contributed by atoms with E-state index in [1.54, 1.807) is 0 Å². The molecule has 2 nitrogen and oxygen atoms in total. The van der Waals surface area contributed by atoms with Crippen molar-refractivity contribution in [3.63, 3.8) is 0 Å². The Labute approximate surface area is 101 Å². The van der Waals surface area contributed by atoms with Gasteiger partial charge in [0.1, 0.15) is 6.04 Å². The van der Waals surface area contributed by atoms with Gasteiger partial charge in [-0.3, -0.25) is 0 Å². The summed E-state index contributed by atoms with van der Waals surface area (Å²) in [4.78, 5) is 11.0. The van der Waals surface area contributed by atoms with Gasteiger partial charge in [-0.25, -0.2) is 0 Å². The molecule has 1 fully saturated rings. The van der Waals surface area contributed by atoms with Gasteiger partial charge in [-0.2, -0.15) is 4.91 Å². The Morgan fingerprint density at radius 1 is 1.12 bits per heavy atom. The van der Waals surface area contributed by atoms with Crippen LogP contribution in [0.2, 0.25) is 5.02 Å². The first-order valence-corrected chi connectivity index (χ1v) is 6.27. The lowest BCUT2D eigenvalue weighted by molar-refractivity contribution is 0.308. The summed E-state index contributed by atoms with van der Waals surface area (Å²) in [5, 5.41) is 4.02. The van der Waals surface area contributed by atoms with Crippen molar-refractivity contribution in [1.82, 2.24) is 0 Å². The smallest absolute Gasteiger partial charge is 0.120 e. The molecule has 1 atom stereocenters. The standard InChI is InChI=1S/C13H16ClNO/c14-12-8-6-11(7-9-12)13(15-16)10-4-2-1-3-5-10/h6-10,13H,1-5H2. The minimum Gasteiger partial charge on any atom is -0.150 e. The monoisotopic (exact) mass is 237 g/mol. The van der Waals surface area contributed by atoms with Crippen LogP contribution in [0.25, 0.3) is 0 Å². The molecule has 0 radical (unpaired) electrons. The third-order valence-electron chi connectivity index (χ3n) is 3.42. The normalized spacial score (nSPS) is 19.3. The molecule has 0 bridgehead atoms. The van der Waals surface area contributed by atoms with E-state index in [1.807, 2.05) is 24.3 Å². The summed E-state index contributed by atoms with van der Waals surface area (Å²) in [7, 11) is 0. The van der Waals surface area contributed by atoms with Crippen molar-refractivity contribution in [3.05, 3.63) is 39.8 Å². The number of halogens is 1. The fourth-order valence-electron chi connectivity index (χ4n) is 2.53. The van der Waals surface area contributed by atoms with E-state index in [0.29, 0.717) is 10.9 Å². The highest BCUT2D eigenvalue weighted by atomic mass is 35.5. The van der Waals surface area contributed by atoms with Crippen molar-refractivity contribution >= 4 is 11.6 Å². The zero-order valence-electron chi connectivity index (χ0n) is 9.23. The summed E-state index contributed by atoms with van der Waals surface area (Å²) in [5.41, 5.74) is 1.01. The van der Waals surface area contributed by atoms with Crippen molar-refractivity contribution in [2.24, 2.45) is 11.1 Å². The van der Waals surface area contributed by atoms with Crippen LogP contribution in [-0.2, 0) is 0 Å². The van der Waals surface area contributed by atoms with E-state index < -0.39 is 0 Å². The predicted molar refractivity (Wildman–Crippen MR) is 66.6 cm³/mol. The highest BCUT2D eigenvalue weighted by molar-refractivity contribution is 6.30. The second kappa shape index (κ2) is 5.44. The van der Waals surface area contributed by atoms with Crippen LogP contribution in [0.4, 0.5) is 0 Å². The Balaban J connectivity index is 2.14. The maximum Gasteiger partial charge on any atom is 0.120 e. The van der Waals surface area contributed by atoms with Crippen LogP contribution in [0.5, 0.6) is 0 Å². The lowest BCUT2D eigenvalue weighted by Crippen LogP contribution is -2.14. The first kappa shape index (κ1) is 11.6. The molecule has 2 rings (SSSR count). The zero-order valence-corrected chi connectivity index (χ0v) is 9.99. The molecule has 1 aromatic rings. The highest BCUT2D eigenvalue weighted by Gasteiger charge is 2.25. The molecule has 3 heteroatoms. The third kappa shape index (κ3) is 2.62. The molecule has 86 valence electrons. The molecule has 0 spiro atoms. The van der Waals surface area contributed by atoms with Crippen LogP contribution in [0, 0.1) is 10.8 Å². The summed E-state index contributed by atoms with van der Waals surface area (Å²) < 4.78 is 0. The van der Waals surface area contributed by atoms with Crippen LogP contribution < -0.4 is 0 Å². The molecular formula is C13H16ClNO. The molecule has 0 aliphatic heterocycles. The van der Waals surface area contributed by atoms with Crippen LogP contribution in [-0.4, -0.2) is 0 Å². The minimum atomic E-state index is -0.183. The minimum absolute atomic E-state index is 0.183. The third-order valence-corrected chi connectivity index (χ3v) is 3.67. The van der Waals surface area contributed by atoms with Crippen molar-refractivity contribution in [2.45, 2.75) is 38.1 Å². The molecule has 1 aliphatic carbocycles. The van der Waals surface area contributed by atoms with Gasteiger partial charge in [0.15, 0.2) is 0 Å². The van der Waals surface area contributed by atoms with Gasteiger partial charge in [-0.05, 0) is 36.5 Å². The number of rotatable bonds is 3. The van der Waals surface area contributed by atoms with Crippen LogP contribution in [0.3, 0.4) is 0 Å². The first-order chi connectivity index (χ1) is 7.81. The summed E-state index contributed by atoms with van der Waals surface area (Å²) in [5.74, 6) is 0.424. The quantitative estimate of drug-likeness (QED) is 0.699. The highest BCUT2D eigenvalue weighted by Crippen LogP contribution is 2.36. The Kier molecular flexibility index (Phi) is 3.94. The van der Waals surface area contributed by atoms with Crippen molar-refractivity contribution in [1.29, 1.82) is 0 Å². The number of nitroso groups, excluding NO2 is 1. The van der Waals surface area contributed by atoms with Gasteiger partial charge < -0.3 is 0 Å². The van der Waals surface area contributed by atoms with E-state index in [2.05, 4.69) is 5.18 Å². The Morgan fingerprint density at radius 2 is 1.75 bits per heavy atom. The van der Waals surface area contributed by atoms with Gasteiger partial charge in [0.2, 0.25) is 0 Å². The molecule has 1 aliphatic rings. The topological polar surface area (TPSA) is 29.4 Å². The molecule has 1 aromatic carbocycles. The lowest BCUT2D eigenvalue weighted by atomic mass is 9.81. The number of hydrogen-bond acceptors (Lipinski definition) is 2. The molecule has 0 aromatic heterocycles. The van der Waals surface area contributed by atoms with Gasteiger partial charge in [0.25, 0.3) is 0 Å². The molecular weight excluding hydrogens is 222 g/mol. The SMILES string of the molecule is O=NC(c1ccc(Cl)cc1)C1CCCCC1. The molecule has 0 heterocycles. The van der Waals surface area contributed by atoms with Crippen molar-refractivity contribution in [3.8, 4) is 0 Å². The Bertz CT molecular complexity index is 343. The average Bonchev–Trinajstić information content (AvgIpc) is 2.34. The molecule has 16 heavy (non-hydrogen) atoms. The predicted octanol–water partition coefficient (Wildman–Crippen LogP) is 4.73. The second-order valence-electron chi connectivity index (χ2n) is 4.50. The van der Waals surface area contributed by atoms with Crippen molar-refractivity contribution in [2.75, 3.05) is 0 Å². The van der Waals surface area contributed by atoms with Gasteiger partial charge in [0, 0.05) is 5.02 Å². The molecule has 1 unspecified atom stereocenters. The van der Waals surface area contributed by atoms with Gasteiger partial charge in [-0.15, -0.1) is 0 Å². The molecule has 0 amide bonds. The molecule has 0 N–H and O–H groups in total. The maximum absolute atomic E-state index is 11.0. The van der Waals surface area contributed by atoms with Crippen molar-refractivity contribution < 1.29 is 0 Å². The first-order valence-electron chi connectivity index (χ1n) is 5.89. The van der Waals surface area contributed by atoms with Gasteiger partial charge in [0.05, 0.1) is 0 Å². The zero-order chi connectivity index (χ0) is 11.4. The average molecular weight is 238 g/mol. The van der Waals surface area contributed by atoms with E-state index in [4.69, 9.17) is 11.6 Å². The molecule has 0 saturated heterocycles. The summed E-state index contributed by atoms with van der Waals surface area (Å²) in [6.45, 7) is 0. The lowest BCUT2D eigenvalue weighted by Gasteiger charge is -2.25. The molecule has 1 saturated carbocycles. The fourth-order valence-corrected chi connectivity index (χ4v) is 2.65. The van der Waals surface area contributed by atoms with Crippen LogP contribution >= 0.6 is 11.6 Å². The fraction of sp³-hybridized carbons (Fsp3) is 0.538. The number of nitrogens with zero attached hydrogens (tertiary/aromatic N) is 1. The Hall–Kier alpha value is -0.890. The van der Waals surface area contributed by atoms with Gasteiger partial charge in [-0.1, -0.05) is 48.2 Å². The second-order valence-corrected chi connectivity index (χ2v) is 4.94. The van der Waals surface area contributed by atoms with Crippen LogP contribution in [0.15, 0.2) is 29.4 Å². The summed E-state index contributed by atoms with van der Waals surface area (Å²) >= 11 is 5.84. The van der Waals surface area contributed by atoms with E-state index in [1.165, 1.54) is 19.3 Å². The maximum atomic E-state index is 11.0. The van der Waals surface area contributed by atoms with E-state index >= 15 is 0 Å². The van der Waals surface area contributed by atoms with Crippen LogP contribution in [0.1, 0.15) is 43.7 Å².